The highest BCUT2D eigenvalue weighted by atomic mass is 16.5. The van der Waals surface area contributed by atoms with Gasteiger partial charge >= 0.3 is 0 Å². The minimum absolute atomic E-state index is 0.0261. The van der Waals surface area contributed by atoms with Crippen LogP contribution in [0.4, 0.5) is 0 Å². The van der Waals surface area contributed by atoms with Crippen molar-refractivity contribution in [3.8, 4) is 17.2 Å². The van der Waals surface area contributed by atoms with E-state index in [9.17, 15) is 14.7 Å². The number of aliphatic hydroxyl groups excluding tert-OH is 1. The first-order valence-electron chi connectivity index (χ1n) is 11.9. The number of carbonyl (C=O) groups is 2. The summed E-state index contributed by atoms with van der Waals surface area (Å²) in [5.74, 6) is -0.858. The number of hydrogen-bond acceptors (Lipinski definition) is 7. The van der Waals surface area contributed by atoms with Gasteiger partial charge in [0.25, 0.3) is 11.7 Å². The molecule has 1 atom stereocenters. The number of Topliss-reactive ketones (excluding diaryl/α,β-unsaturated/α-hetero) is 1. The molecule has 2 aromatic carbocycles. The Hall–Kier alpha value is -4.92. The zero-order valence-electron chi connectivity index (χ0n) is 21.2. The molecule has 0 radical (unpaired) electrons. The normalized spacial score (nSPS) is 16.6. The van der Waals surface area contributed by atoms with Crippen LogP contribution in [0.5, 0.6) is 11.5 Å². The molecule has 9 heteroatoms. The van der Waals surface area contributed by atoms with Crippen LogP contribution >= 0.6 is 0 Å². The summed E-state index contributed by atoms with van der Waals surface area (Å²) >= 11 is 0. The molecule has 1 amide bonds. The third-order valence-corrected chi connectivity index (χ3v) is 6.60. The minimum Gasteiger partial charge on any atom is -0.507 e. The van der Waals surface area contributed by atoms with Crippen molar-refractivity contribution in [2.75, 3.05) is 14.2 Å². The number of para-hydroxylation sites is 1. The molecule has 4 aromatic rings. The van der Waals surface area contributed by atoms with Crippen molar-refractivity contribution in [1.29, 1.82) is 0 Å². The second kappa shape index (κ2) is 10.2. The average Bonchev–Trinajstić information content (AvgIpc) is 3.46. The number of rotatable bonds is 7. The van der Waals surface area contributed by atoms with Gasteiger partial charge in [-0.25, -0.2) is 4.68 Å². The second-order valence-corrected chi connectivity index (χ2v) is 8.79. The molecule has 0 bridgehead atoms. The van der Waals surface area contributed by atoms with E-state index in [-0.39, 0.29) is 17.9 Å². The summed E-state index contributed by atoms with van der Waals surface area (Å²) < 4.78 is 12.5. The Bertz CT molecular complexity index is 1530. The van der Waals surface area contributed by atoms with E-state index in [1.807, 2.05) is 36.4 Å². The van der Waals surface area contributed by atoms with Gasteiger partial charge in [0, 0.05) is 18.9 Å². The lowest BCUT2D eigenvalue weighted by atomic mass is 9.95. The summed E-state index contributed by atoms with van der Waals surface area (Å²) in [4.78, 5) is 32.4. The van der Waals surface area contributed by atoms with Crippen molar-refractivity contribution in [1.82, 2.24) is 19.7 Å². The van der Waals surface area contributed by atoms with Gasteiger partial charge in [0.2, 0.25) is 0 Å². The SMILES string of the molecule is COc1ccc([C@H]2C(=C(O)c3cnn(-c4ccccc4)c3C)C(=O)C(=O)N2Cc2cccnc2)cc1OC. The third kappa shape index (κ3) is 4.28. The molecule has 2 aromatic heterocycles. The molecule has 192 valence electrons. The standard InChI is InChI=1S/C29H26N4O5/c1-18-22(16-31-33(18)21-9-5-4-6-10-21)27(34)25-26(20-11-12-23(37-2)24(14-20)38-3)32(29(36)28(25)35)17-19-8-7-13-30-15-19/h4-16,26,34H,17H2,1-3H3/t26-/m0/s1. The molecular formula is C29H26N4O5. The highest BCUT2D eigenvalue weighted by Gasteiger charge is 2.46. The largest absolute Gasteiger partial charge is 0.507 e. The number of likely N-dealkylation sites (tertiary alicyclic amines) is 1. The van der Waals surface area contributed by atoms with Gasteiger partial charge in [0.1, 0.15) is 5.76 Å². The fraction of sp³-hybridized carbons (Fsp3) is 0.172. The van der Waals surface area contributed by atoms with Crippen LogP contribution in [0.25, 0.3) is 11.4 Å². The Morgan fingerprint density at radius 1 is 0.974 bits per heavy atom. The van der Waals surface area contributed by atoms with E-state index in [2.05, 4.69) is 10.1 Å². The average molecular weight is 511 g/mol. The molecule has 0 spiro atoms. The molecule has 38 heavy (non-hydrogen) atoms. The fourth-order valence-electron chi connectivity index (χ4n) is 4.72. The number of nitrogens with zero attached hydrogens (tertiary/aromatic N) is 4. The van der Waals surface area contributed by atoms with Gasteiger partial charge in [-0.05, 0) is 48.4 Å². The van der Waals surface area contributed by atoms with Crippen LogP contribution < -0.4 is 9.47 Å². The number of methoxy groups -OCH3 is 2. The molecule has 1 fully saturated rings. The van der Waals surface area contributed by atoms with Crippen LogP contribution in [0.1, 0.15) is 28.4 Å². The van der Waals surface area contributed by atoms with Gasteiger partial charge in [0.15, 0.2) is 11.5 Å². The number of hydrogen-bond donors (Lipinski definition) is 1. The van der Waals surface area contributed by atoms with E-state index < -0.39 is 17.7 Å². The van der Waals surface area contributed by atoms with Gasteiger partial charge in [0.05, 0.1) is 49.0 Å². The van der Waals surface area contributed by atoms with Crippen LogP contribution in [-0.4, -0.2) is 50.7 Å². The number of ketones is 1. The predicted octanol–water partition coefficient (Wildman–Crippen LogP) is 4.21. The summed E-state index contributed by atoms with van der Waals surface area (Å²) in [6, 6.07) is 17.3. The Labute approximate surface area is 219 Å². The Morgan fingerprint density at radius 3 is 2.42 bits per heavy atom. The quantitative estimate of drug-likeness (QED) is 0.225. The molecule has 5 rings (SSSR count). The van der Waals surface area contributed by atoms with E-state index in [0.29, 0.717) is 28.3 Å². The van der Waals surface area contributed by atoms with Crippen molar-refractivity contribution in [2.24, 2.45) is 0 Å². The number of amides is 1. The Morgan fingerprint density at radius 2 is 1.74 bits per heavy atom. The van der Waals surface area contributed by atoms with Crippen LogP contribution in [0.3, 0.4) is 0 Å². The van der Waals surface area contributed by atoms with Crippen molar-refractivity contribution >= 4 is 17.4 Å². The van der Waals surface area contributed by atoms with E-state index in [4.69, 9.17) is 9.47 Å². The van der Waals surface area contributed by atoms with Crippen LogP contribution in [0.2, 0.25) is 0 Å². The third-order valence-electron chi connectivity index (χ3n) is 6.60. The molecule has 0 unspecified atom stereocenters. The number of carbonyl (C=O) groups excluding carboxylic acids is 2. The molecule has 3 heterocycles. The maximum atomic E-state index is 13.5. The Kier molecular flexibility index (Phi) is 6.66. The minimum atomic E-state index is -0.880. The Balaban J connectivity index is 1.67. The van der Waals surface area contributed by atoms with Gasteiger partial charge in [-0.3, -0.25) is 14.6 Å². The highest BCUT2D eigenvalue weighted by molar-refractivity contribution is 6.46. The number of aliphatic hydroxyl groups is 1. The fourth-order valence-corrected chi connectivity index (χ4v) is 4.72. The number of ether oxygens (including phenoxy) is 2. The molecule has 1 aliphatic heterocycles. The van der Waals surface area contributed by atoms with Crippen LogP contribution in [0.15, 0.2) is 84.8 Å². The summed E-state index contributed by atoms with van der Waals surface area (Å²) in [6.45, 7) is 1.92. The van der Waals surface area contributed by atoms with Gasteiger partial charge in [-0.2, -0.15) is 5.10 Å². The maximum absolute atomic E-state index is 13.5. The molecule has 0 saturated carbocycles. The zero-order valence-corrected chi connectivity index (χ0v) is 21.2. The van der Waals surface area contributed by atoms with Gasteiger partial charge < -0.3 is 19.5 Å². The molecule has 9 nitrogen and oxygen atoms in total. The first kappa shape index (κ1) is 24.8. The van der Waals surface area contributed by atoms with Crippen molar-refractivity contribution in [3.05, 3.63) is 107 Å². The maximum Gasteiger partial charge on any atom is 0.295 e. The van der Waals surface area contributed by atoms with Crippen molar-refractivity contribution in [2.45, 2.75) is 19.5 Å². The summed E-state index contributed by atoms with van der Waals surface area (Å²) in [5, 5.41) is 16.0. The van der Waals surface area contributed by atoms with Crippen LogP contribution in [0, 0.1) is 6.92 Å². The number of aromatic nitrogens is 3. The lowest BCUT2D eigenvalue weighted by Gasteiger charge is -2.26. The number of benzene rings is 2. The molecular weight excluding hydrogens is 484 g/mol. The highest BCUT2D eigenvalue weighted by Crippen LogP contribution is 2.43. The second-order valence-electron chi connectivity index (χ2n) is 8.79. The van der Waals surface area contributed by atoms with Crippen molar-refractivity contribution in [3.63, 3.8) is 0 Å². The lowest BCUT2D eigenvalue weighted by Crippen LogP contribution is -2.29. The molecule has 0 aliphatic carbocycles. The van der Waals surface area contributed by atoms with Crippen molar-refractivity contribution < 1.29 is 24.2 Å². The van der Waals surface area contributed by atoms with E-state index in [1.54, 1.807) is 48.3 Å². The molecule has 1 aliphatic rings. The van der Waals surface area contributed by atoms with Crippen LogP contribution in [-0.2, 0) is 16.1 Å². The molecule has 1 saturated heterocycles. The zero-order chi connectivity index (χ0) is 26.8. The summed E-state index contributed by atoms with van der Waals surface area (Å²) in [7, 11) is 3.04. The number of pyridine rings is 1. The lowest BCUT2D eigenvalue weighted by molar-refractivity contribution is -0.140. The topological polar surface area (TPSA) is 107 Å². The van der Waals surface area contributed by atoms with E-state index in [0.717, 1.165) is 11.3 Å². The smallest absolute Gasteiger partial charge is 0.295 e. The van der Waals surface area contributed by atoms with Gasteiger partial charge in [-0.15, -0.1) is 0 Å². The van der Waals surface area contributed by atoms with Gasteiger partial charge in [-0.1, -0.05) is 30.3 Å². The first-order chi connectivity index (χ1) is 18.4. The summed E-state index contributed by atoms with van der Waals surface area (Å²) in [5.41, 5.74) is 3.09. The summed E-state index contributed by atoms with van der Waals surface area (Å²) in [6.07, 6.45) is 4.77. The van der Waals surface area contributed by atoms with E-state index in [1.165, 1.54) is 25.3 Å². The first-order valence-corrected chi connectivity index (χ1v) is 11.9. The predicted molar refractivity (Wildman–Crippen MR) is 140 cm³/mol. The van der Waals surface area contributed by atoms with E-state index >= 15 is 0 Å². The monoisotopic (exact) mass is 510 g/mol. The molecule has 1 N–H and O–H groups in total.